The average Bonchev–Trinajstić information content (AvgIpc) is 2.78. The number of carbonyl (C=O) groups is 3. The van der Waals surface area contributed by atoms with Crippen LogP contribution in [-0.2, 0) is 19.1 Å². The number of ether oxygens (including phenoxy) is 1. The van der Waals surface area contributed by atoms with Crippen molar-refractivity contribution >= 4 is 29.6 Å². The predicted octanol–water partition coefficient (Wildman–Crippen LogP) is -0.0499. The normalized spacial score (nSPS) is 20.2. The maximum absolute atomic E-state index is 11.8. The Hall–Kier alpha value is -1.28. The number of esters is 1. The first-order chi connectivity index (χ1) is 9.19. The first kappa shape index (κ1) is 16.8. The monoisotopic (exact) mass is 304 g/mol. The lowest BCUT2D eigenvalue weighted by molar-refractivity contribution is -0.158. The summed E-state index contributed by atoms with van der Waals surface area (Å²) in [5, 5.41) is 14.4. The maximum atomic E-state index is 11.8. The number of thioether (sulfide) groups is 1. The molecule has 1 aliphatic heterocycles. The molecule has 0 spiro atoms. The molecule has 1 unspecified atom stereocenters. The Kier molecular flexibility index (Phi) is 5.82. The molecule has 2 atom stereocenters. The van der Waals surface area contributed by atoms with Gasteiger partial charge in [0.15, 0.2) is 0 Å². The number of rotatable bonds is 5. The molecule has 0 bridgehead atoms. The van der Waals surface area contributed by atoms with E-state index >= 15 is 0 Å². The van der Waals surface area contributed by atoms with Gasteiger partial charge in [0, 0.05) is 11.6 Å². The lowest BCUT2D eigenvalue weighted by Gasteiger charge is -2.22. The minimum Gasteiger partial charge on any atom is -0.480 e. The van der Waals surface area contributed by atoms with Crippen LogP contribution in [0.1, 0.15) is 27.2 Å². The lowest BCUT2D eigenvalue weighted by Crippen LogP contribution is -2.50. The second-order valence-electron chi connectivity index (χ2n) is 5.46. The van der Waals surface area contributed by atoms with Crippen LogP contribution in [0, 0.1) is 0 Å². The van der Waals surface area contributed by atoms with Crippen LogP contribution in [0.25, 0.3) is 0 Å². The molecule has 8 heteroatoms. The highest BCUT2D eigenvalue weighted by Crippen LogP contribution is 2.11. The highest BCUT2D eigenvalue weighted by atomic mass is 32.2. The van der Waals surface area contributed by atoms with Gasteiger partial charge >= 0.3 is 11.9 Å². The van der Waals surface area contributed by atoms with E-state index < -0.39 is 42.0 Å². The number of carboxylic acids is 1. The highest BCUT2D eigenvalue weighted by molar-refractivity contribution is 7.99. The molecule has 0 aromatic heterocycles. The largest absolute Gasteiger partial charge is 0.480 e. The van der Waals surface area contributed by atoms with Gasteiger partial charge in [-0.05, 0) is 20.8 Å². The van der Waals surface area contributed by atoms with Crippen LogP contribution in [0.15, 0.2) is 0 Å². The third kappa shape index (κ3) is 5.79. The summed E-state index contributed by atoms with van der Waals surface area (Å²) in [4.78, 5) is 34.5. The summed E-state index contributed by atoms with van der Waals surface area (Å²) in [6.45, 7) is 5.08. The summed E-state index contributed by atoms with van der Waals surface area (Å²) < 4.78 is 5.05. The van der Waals surface area contributed by atoms with Gasteiger partial charge in [0.2, 0.25) is 5.91 Å². The van der Waals surface area contributed by atoms with Gasteiger partial charge in [0.1, 0.15) is 11.6 Å². The van der Waals surface area contributed by atoms with Crippen LogP contribution in [0.4, 0.5) is 0 Å². The van der Waals surface area contributed by atoms with E-state index in [0.29, 0.717) is 11.6 Å². The second kappa shape index (κ2) is 6.94. The van der Waals surface area contributed by atoms with Gasteiger partial charge < -0.3 is 15.2 Å². The van der Waals surface area contributed by atoms with Gasteiger partial charge in [-0.25, -0.2) is 4.79 Å². The van der Waals surface area contributed by atoms with Crippen molar-refractivity contribution in [3.8, 4) is 0 Å². The third-order valence-electron chi connectivity index (χ3n) is 2.44. The van der Waals surface area contributed by atoms with E-state index in [1.54, 1.807) is 32.5 Å². The number of amides is 1. The molecule has 1 amide bonds. The Morgan fingerprint density at radius 1 is 1.45 bits per heavy atom. The van der Waals surface area contributed by atoms with Gasteiger partial charge in [-0.1, -0.05) is 0 Å². The zero-order valence-corrected chi connectivity index (χ0v) is 12.6. The molecular weight excluding hydrogens is 284 g/mol. The van der Waals surface area contributed by atoms with Gasteiger partial charge in [-0.3, -0.25) is 14.9 Å². The number of hydrogen-bond donors (Lipinski definition) is 3. The van der Waals surface area contributed by atoms with E-state index in [1.807, 2.05) is 0 Å². The number of hydrogen-bond acceptors (Lipinski definition) is 6. The van der Waals surface area contributed by atoms with Crippen LogP contribution in [0.2, 0.25) is 0 Å². The Bertz CT molecular complexity index is 388. The third-order valence-corrected chi connectivity index (χ3v) is 3.38. The molecule has 0 aromatic rings. The van der Waals surface area contributed by atoms with Gasteiger partial charge in [0.25, 0.3) is 0 Å². The number of nitrogens with one attached hydrogen (secondary N) is 2. The van der Waals surface area contributed by atoms with Gasteiger partial charge in [0.05, 0.1) is 12.5 Å². The molecule has 1 rings (SSSR count). The summed E-state index contributed by atoms with van der Waals surface area (Å²) in [5.74, 6) is -1.08. The molecule has 3 N–H and O–H groups in total. The van der Waals surface area contributed by atoms with Crippen molar-refractivity contribution in [3.63, 3.8) is 0 Å². The van der Waals surface area contributed by atoms with E-state index in [2.05, 4.69) is 10.6 Å². The zero-order valence-electron chi connectivity index (χ0n) is 11.8. The first-order valence-electron chi connectivity index (χ1n) is 6.25. The molecule has 0 aromatic carbocycles. The summed E-state index contributed by atoms with van der Waals surface area (Å²) in [5.41, 5.74) is -0.687. The topological polar surface area (TPSA) is 105 Å². The summed E-state index contributed by atoms with van der Waals surface area (Å²) in [6, 6.07) is -1.69. The Morgan fingerprint density at radius 2 is 2.10 bits per heavy atom. The van der Waals surface area contributed by atoms with E-state index in [1.165, 1.54) is 0 Å². The maximum Gasteiger partial charge on any atom is 0.326 e. The zero-order chi connectivity index (χ0) is 15.3. The molecule has 114 valence electrons. The fourth-order valence-corrected chi connectivity index (χ4v) is 2.53. The Morgan fingerprint density at radius 3 is 2.55 bits per heavy atom. The van der Waals surface area contributed by atoms with E-state index in [0.717, 1.165) is 0 Å². The minimum absolute atomic E-state index is 0.391. The van der Waals surface area contributed by atoms with Crippen molar-refractivity contribution in [1.82, 2.24) is 10.6 Å². The number of aliphatic carboxylic acids is 1. The summed E-state index contributed by atoms with van der Waals surface area (Å²) in [7, 11) is 0. The predicted molar refractivity (Wildman–Crippen MR) is 74.3 cm³/mol. The van der Waals surface area contributed by atoms with Crippen molar-refractivity contribution < 1.29 is 24.2 Å². The van der Waals surface area contributed by atoms with Crippen LogP contribution in [-0.4, -0.2) is 52.3 Å². The minimum atomic E-state index is -1.27. The molecule has 0 saturated carbocycles. The fraction of sp³-hybridized carbons (Fsp3) is 0.750. The van der Waals surface area contributed by atoms with Crippen LogP contribution < -0.4 is 10.6 Å². The molecule has 1 fully saturated rings. The van der Waals surface area contributed by atoms with Crippen LogP contribution in [0.3, 0.4) is 0 Å². The molecule has 1 heterocycles. The second-order valence-corrected chi connectivity index (χ2v) is 6.49. The molecular formula is C12H20N2O5S. The Balaban J connectivity index is 2.54. The van der Waals surface area contributed by atoms with Crippen molar-refractivity contribution in [3.05, 3.63) is 0 Å². The molecule has 1 saturated heterocycles. The van der Waals surface area contributed by atoms with E-state index in [-0.39, 0.29) is 0 Å². The van der Waals surface area contributed by atoms with E-state index in [4.69, 9.17) is 9.84 Å². The average molecular weight is 304 g/mol. The summed E-state index contributed by atoms with van der Waals surface area (Å²) in [6.07, 6.45) is -0.391. The highest BCUT2D eigenvalue weighted by Gasteiger charge is 2.30. The molecule has 7 nitrogen and oxygen atoms in total. The molecule has 20 heavy (non-hydrogen) atoms. The van der Waals surface area contributed by atoms with E-state index in [9.17, 15) is 14.4 Å². The summed E-state index contributed by atoms with van der Waals surface area (Å²) >= 11 is 1.56. The quantitative estimate of drug-likeness (QED) is 0.612. The Labute approximate surface area is 121 Å². The van der Waals surface area contributed by atoms with Crippen molar-refractivity contribution in [2.75, 3.05) is 11.6 Å². The van der Waals surface area contributed by atoms with Gasteiger partial charge in [-0.15, -0.1) is 11.8 Å². The lowest BCUT2D eigenvalue weighted by atomic mass is 10.1. The van der Waals surface area contributed by atoms with Crippen LogP contribution >= 0.6 is 11.8 Å². The molecule has 0 radical (unpaired) electrons. The first-order valence-corrected chi connectivity index (χ1v) is 7.40. The smallest absolute Gasteiger partial charge is 0.326 e. The fourth-order valence-electron chi connectivity index (χ4n) is 1.59. The van der Waals surface area contributed by atoms with Crippen LogP contribution in [0.5, 0.6) is 0 Å². The molecule has 0 aliphatic carbocycles. The molecule has 1 aliphatic rings. The number of carboxylic acid groups (broad SMARTS) is 1. The van der Waals surface area contributed by atoms with Crippen molar-refractivity contribution in [1.29, 1.82) is 0 Å². The van der Waals surface area contributed by atoms with Crippen molar-refractivity contribution in [2.24, 2.45) is 0 Å². The van der Waals surface area contributed by atoms with Crippen molar-refractivity contribution in [2.45, 2.75) is 44.9 Å². The van der Waals surface area contributed by atoms with Gasteiger partial charge in [-0.2, -0.15) is 0 Å². The standard InChI is InChI=1S/C12H20N2O5S/c1-12(2,3)19-9(15)4-7(11(17)18)14-10(16)8-5-20-6-13-8/h7-8,13H,4-6H2,1-3H3,(H,14,16)(H,17,18)/t7-,8?/m0/s1. The number of carbonyl (C=O) groups excluding carboxylic acids is 2. The SMILES string of the molecule is CC(C)(C)OC(=O)C[C@H](NC(=O)C1CSCN1)C(=O)O.